The normalized spacial score (nSPS) is 10.7. The van der Waals surface area contributed by atoms with Crippen molar-refractivity contribution < 1.29 is 9.59 Å². The van der Waals surface area contributed by atoms with Gasteiger partial charge in [0.05, 0.1) is 0 Å². The first-order valence-electron chi connectivity index (χ1n) is 8.04. The minimum absolute atomic E-state index is 0.311. The molecule has 0 heterocycles. The highest BCUT2D eigenvalue weighted by atomic mass is 32.2. The molecule has 0 atom stereocenters. The lowest BCUT2D eigenvalue weighted by molar-refractivity contribution is 0.0744. The van der Waals surface area contributed by atoms with Gasteiger partial charge in [0.2, 0.25) is 0 Å². The molecular formula is C20H21NO2S. The van der Waals surface area contributed by atoms with Crippen molar-refractivity contribution in [2.45, 2.75) is 26.2 Å². The molecular weight excluding hydrogens is 318 g/mol. The van der Waals surface area contributed by atoms with Gasteiger partial charge < -0.3 is 0 Å². The van der Waals surface area contributed by atoms with Crippen LogP contribution in [0.15, 0.2) is 72.1 Å². The molecule has 0 aliphatic carbocycles. The summed E-state index contributed by atoms with van der Waals surface area (Å²) in [5.41, 5.74) is 0.993. The molecule has 24 heavy (non-hydrogen) atoms. The number of imide groups is 1. The summed E-state index contributed by atoms with van der Waals surface area (Å²) in [6.45, 7) is 2.13. The standard InChI is InChI=1S/C20H21NO2S/c1-2-3-4-11-16-24-21(19(22)17-12-7-5-8-13-17)20(23)18-14-9-6-10-15-18/h5-16H,2-4H2,1H3/b16-11+. The van der Waals surface area contributed by atoms with Gasteiger partial charge in [-0.3, -0.25) is 9.59 Å². The molecule has 0 unspecified atom stereocenters. The van der Waals surface area contributed by atoms with E-state index in [9.17, 15) is 9.59 Å². The summed E-state index contributed by atoms with van der Waals surface area (Å²) < 4.78 is 1.22. The zero-order valence-electron chi connectivity index (χ0n) is 13.7. The van der Waals surface area contributed by atoms with E-state index < -0.39 is 0 Å². The Morgan fingerprint density at radius 3 is 1.88 bits per heavy atom. The molecule has 0 N–H and O–H groups in total. The molecule has 2 rings (SSSR count). The fourth-order valence-corrected chi connectivity index (χ4v) is 2.82. The number of carbonyl (C=O) groups excluding carboxylic acids is 2. The summed E-state index contributed by atoms with van der Waals surface area (Å²) in [6, 6.07) is 17.7. The van der Waals surface area contributed by atoms with Crippen LogP contribution in [-0.4, -0.2) is 16.1 Å². The van der Waals surface area contributed by atoms with Crippen molar-refractivity contribution in [2.75, 3.05) is 0 Å². The topological polar surface area (TPSA) is 37.4 Å². The van der Waals surface area contributed by atoms with Crippen molar-refractivity contribution in [3.63, 3.8) is 0 Å². The van der Waals surface area contributed by atoms with Gasteiger partial charge in [-0.25, -0.2) is 4.31 Å². The van der Waals surface area contributed by atoms with Gasteiger partial charge in [-0.2, -0.15) is 0 Å². The highest BCUT2D eigenvalue weighted by molar-refractivity contribution is 8.00. The van der Waals surface area contributed by atoms with Gasteiger partial charge in [-0.05, 0) is 48.0 Å². The number of carbonyl (C=O) groups is 2. The van der Waals surface area contributed by atoms with Gasteiger partial charge in [-0.15, -0.1) is 0 Å². The van der Waals surface area contributed by atoms with Gasteiger partial charge in [-0.1, -0.05) is 62.2 Å². The number of hydrogen-bond acceptors (Lipinski definition) is 3. The first kappa shape index (κ1) is 18.0. The molecule has 2 aromatic carbocycles. The molecule has 2 aromatic rings. The third kappa shape index (κ3) is 5.10. The number of allylic oxidation sites excluding steroid dienone is 1. The Balaban J connectivity index is 2.19. The van der Waals surface area contributed by atoms with E-state index in [0.717, 1.165) is 31.2 Å². The van der Waals surface area contributed by atoms with Crippen LogP contribution >= 0.6 is 11.9 Å². The Kier molecular flexibility index (Phi) is 7.30. The third-order valence-corrected chi connectivity index (χ3v) is 4.25. The Bertz CT molecular complexity index is 632. The maximum Gasteiger partial charge on any atom is 0.271 e. The molecule has 4 heteroatoms. The number of benzene rings is 2. The van der Waals surface area contributed by atoms with E-state index in [2.05, 4.69) is 6.92 Å². The van der Waals surface area contributed by atoms with Gasteiger partial charge in [0.1, 0.15) is 0 Å². The van der Waals surface area contributed by atoms with Crippen LogP contribution in [0.4, 0.5) is 0 Å². The highest BCUT2D eigenvalue weighted by Gasteiger charge is 2.24. The van der Waals surface area contributed by atoms with E-state index in [0.29, 0.717) is 11.1 Å². The third-order valence-electron chi connectivity index (χ3n) is 3.40. The second-order valence-corrected chi connectivity index (χ2v) is 6.10. The zero-order chi connectivity index (χ0) is 17.2. The lowest BCUT2D eigenvalue weighted by Gasteiger charge is -2.18. The lowest BCUT2D eigenvalue weighted by atomic mass is 10.2. The van der Waals surface area contributed by atoms with Crippen molar-refractivity contribution in [1.82, 2.24) is 4.31 Å². The van der Waals surface area contributed by atoms with Crippen molar-refractivity contribution in [1.29, 1.82) is 0 Å². The molecule has 2 amide bonds. The quantitative estimate of drug-likeness (QED) is 0.389. The Labute approximate surface area is 147 Å². The van der Waals surface area contributed by atoms with Crippen molar-refractivity contribution >= 4 is 23.8 Å². The van der Waals surface area contributed by atoms with Gasteiger partial charge >= 0.3 is 0 Å². The summed E-state index contributed by atoms with van der Waals surface area (Å²) in [5, 5.41) is 1.82. The summed E-state index contributed by atoms with van der Waals surface area (Å²) in [5.74, 6) is -0.621. The molecule has 0 radical (unpaired) electrons. The summed E-state index contributed by atoms with van der Waals surface area (Å²) >= 11 is 1.13. The van der Waals surface area contributed by atoms with E-state index >= 15 is 0 Å². The van der Waals surface area contributed by atoms with E-state index in [1.807, 2.05) is 23.6 Å². The summed E-state index contributed by atoms with van der Waals surface area (Å²) in [6.07, 6.45) is 5.15. The minimum atomic E-state index is -0.311. The van der Waals surface area contributed by atoms with Crippen LogP contribution in [-0.2, 0) is 0 Å². The van der Waals surface area contributed by atoms with Crippen LogP contribution in [0.5, 0.6) is 0 Å². The first-order chi connectivity index (χ1) is 11.7. The van der Waals surface area contributed by atoms with Crippen LogP contribution in [0.1, 0.15) is 46.9 Å². The smallest absolute Gasteiger partial charge is 0.268 e. The second kappa shape index (κ2) is 9.73. The molecule has 0 saturated heterocycles. The lowest BCUT2D eigenvalue weighted by Crippen LogP contribution is -2.30. The molecule has 124 valence electrons. The van der Waals surface area contributed by atoms with Gasteiger partial charge in [0, 0.05) is 11.1 Å². The fourth-order valence-electron chi connectivity index (χ4n) is 2.08. The minimum Gasteiger partial charge on any atom is -0.268 e. The summed E-state index contributed by atoms with van der Waals surface area (Å²) in [7, 11) is 0. The molecule has 0 bridgehead atoms. The van der Waals surface area contributed by atoms with E-state index in [-0.39, 0.29) is 11.8 Å². The van der Waals surface area contributed by atoms with Crippen LogP contribution < -0.4 is 0 Å². The first-order valence-corrected chi connectivity index (χ1v) is 8.88. The molecule has 0 saturated carbocycles. The monoisotopic (exact) mass is 339 g/mol. The number of unbranched alkanes of at least 4 members (excludes halogenated alkanes) is 2. The van der Waals surface area contributed by atoms with Crippen LogP contribution in [0.2, 0.25) is 0 Å². The summed E-state index contributed by atoms with van der Waals surface area (Å²) in [4.78, 5) is 25.5. The predicted molar refractivity (Wildman–Crippen MR) is 99.6 cm³/mol. The van der Waals surface area contributed by atoms with Crippen LogP contribution in [0, 0.1) is 0 Å². The maximum atomic E-state index is 12.7. The Hall–Kier alpha value is -2.33. The second-order valence-electron chi connectivity index (χ2n) is 5.26. The van der Waals surface area contributed by atoms with Crippen molar-refractivity contribution in [3.8, 4) is 0 Å². The van der Waals surface area contributed by atoms with Gasteiger partial charge in [0.25, 0.3) is 11.8 Å². The zero-order valence-corrected chi connectivity index (χ0v) is 14.5. The van der Waals surface area contributed by atoms with Crippen LogP contribution in [0.25, 0.3) is 0 Å². The molecule has 3 nitrogen and oxygen atoms in total. The number of amides is 2. The maximum absolute atomic E-state index is 12.7. The van der Waals surface area contributed by atoms with Crippen LogP contribution in [0.3, 0.4) is 0 Å². The number of hydrogen-bond donors (Lipinski definition) is 0. The average Bonchev–Trinajstić information content (AvgIpc) is 2.65. The van der Waals surface area contributed by atoms with E-state index in [1.54, 1.807) is 48.5 Å². The molecule has 0 aromatic heterocycles. The largest absolute Gasteiger partial charge is 0.271 e. The highest BCUT2D eigenvalue weighted by Crippen LogP contribution is 2.20. The molecule has 0 aliphatic heterocycles. The molecule has 0 aliphatic rings. The SMILES string of the molecule is CCCC/C=C/SN(C(=O)c1ccccc1)C(=O)c1ccccc1. The number of nitrogens with zero attached hydrogens (tertiary/aromatic N) is 1. The van der Waals surface area contributed by atoms with Crippen molar-refractivity contribution in [3.05, 3.63) is 83.3 Å². The van der Waals surface area contributed by atoms with E-state index in [1.165, 1.54) is 4.31 Å². The van der Waals surface area contributed by atoms with Gasteiger partial charge in [0.15, 0.2) is 0 Å². The fraction of sp³-hybridized carbons (Fsp3) is 0.200. The predicted octanol–water partition coefficient (Wildman–Crippen LogP) is 5.32. The van der Waals surface area contributed by atoms with E-state index in [4.69, 9.17) is 0 Å². The number of rotatable bonds is 7. The van der Waals surface area contributed by atoms with Crippen molar-refractivity contribution in [2.24, 2.45) is 0 Å². The Morgan fingerprint density at radius 2 is 1.42 bits per heavy atom. The molecule has 0 fully saturated rings. The average molecular weight is 339 g/mol. The Morgan fingerprint density at radius 1 is 0.917 bits per heavy atom. The molecule has 0 spiro atoms.